The van der Waals surface area contributed by atoms with Gasteiger partial charge in [0.1, 0.15) is 5.82 Å². The van der Waals surface area contributed by atoms with Gasteiger partial charge in [0.2, 0.25) is 5.91 Å². The van der Waals surface area contributed by atoms with Gasteiger partial charge in [-0.15, -0.1) is 0 Å². The second-order valence-corrected chi connectivity index (χ2v) is 5.92. The molecule has 0 aliphatic rings. The molecule has 0 spiro atoms. The number of nitrogens with two attached hydrogens (primary N) is 1. The maximum Gasteiger partial charge on any atom is 0.225 e. The molecule has 0 heterocycles. The van der Waals surface area contributed by atoms with Crippen LogP contribution in [-0.2, 0) is 4.79 Å². The number of rotatable bonds is 6. The maximum absolute atomic E-state index is 13.3. The van der Waals surface area contributed by atoms with Gasteiger partial charge in [-0.05, 0) is 26.0 Å². The molecule has 0 aromatic heterocycles. The van der Waals surface area contributed by atoms with Gasteiger partial charge in [-0.1, -0.05) is 12.1 Å². The van der Waals surface area contributed by atoms with Gasteiger partial charge in [0.25, 0.3) is 0 Å². The Morgan fingerprint density at radius 3 is 2.72 bits per heavy atom. The van der Waals surface area contributed by atoms with Gasteiger partial charge in [0, 0.05) is 23.5 Å². The fraction of sp³-hybridized carbons (Fsp3) is 0.462. The molecule has 100 valence electrons. The number of amides is 1. The fourth-order valence-electron chi connectivity index (χ4n) is 1.28. The van der Waals surface area contributed by atoms with E-state index in [1.807, 2.05) is 13.8 Å². The molecule has 0 atom stereocenters. The quantitative estimate of drug-likeness (QED) is 0.781. The van der Waals surface area contributed by atoms with Crippen molar-refractivity contribution in [3.8, 4) is 0 Å². The zero-order chi connectivity index (χ0) is 13.6. The summed E-state index contributed by atoms with van der Waals surface area (Å²) < 4.78 is 13.3. The molecule has 5 heteroatoms. The van der Waals surface area contributed by atoms with Crippen molar-refractivity contribution in [2.24, 2.45) is 5.73 Å². The number of hydrogen-bond donors (Lipinski definition) is 2. The molecule has 3 nitrogen and oxygen atoms in total. The summed E-state index contributed by atoms with van der Waals surface area (Å²) in [6, 6.07) is 6.14. The van der Waals surface area contributed by atoms with Crippen molar-refractivity contribution < 1.29 is 9.18 Å². The number of benzene rings is 1. The first kappa shape index (κ1) is 15.0. The Balaban J connectivity index is 2.29. The van der Waals surface area contributed by atoms with Crippen molar-refractivity contribution in [3.05, 3.63) is 30.1 Å². The average Bonchev–Trinajstić information content (AvgIpc) is 2.26. The summed E-state index contributed by atoms with van der Waals surface area (Å²) in [7, 11) is 0. The number of carbonyl (C=O) groups is 1. The smallest absolute Gasteiger partial charge is 0.225 e. The second kappa shape index (κ2) is 6.75. The highest BCUT2D eigenvalue weighted by Gasteiger charge is 2.11. The zero-order valence-corrected chi connectivity index (χ0v) is 11.5. The van der Waals surface area contributed by atoms with Crippen LogP contribution in [0.5, 0.6) is 0 Å². The molecule has 3 N–H and O–H groups in total. The Morgan fingerprint density at radius 1 is 1.44 bits per heavy atom. The molecule has 1 amide bonds. The normalized spacial score (nSPS) is 11.3. The van der Waals surface area contributed by atoms with Crippen molar-refractivity contribution in [1.29, 1.82) is 0 Å². The third-order valence-electron chi connectivity index (χ3n) is 2.10. The number of anilines is 1. The highest BCUT2D eigenvalue weighted by Crippen LogP contribution is 2.14. The lowest BCUT2D eigenvalue weighted by Crippen LogP contribution is -2.34. The first-order valence-corrected chi connectivity index (χ1v) is 6.95. The van der Waals surface area contributed by atoms with Crippen LogP contribution in [0.1, 0.15) is 20.3 Å². The van der Waals surface area contributed by atoms with Crippen LogP contribution in [0.4, 0.5) is 10.1 Å². The molecular weight excluding hydrogens is 251 g/mol. The Morgan fingerprint density at radius 2 is 2.11 bits per heavy atom. The van der Waals surface area contributed by atoms with Crippen LogP contribution < -0.4 is 11.1 Å². The Hall–Kier alpha value is -1.07. The minimum absolute atomic E-state index is 0.178. The van der Waals surface area contributed by atoms with Crippen LogP contribution in [-0.4, -0.2) is 23.0 Å². The van der Waals surface area contributed by atoms with Crippen LogP contribution in [0.2, 0.25) is 0 Å². The Kier molecular flexibility index (Phi) is 5.62. The molecule has 0 saturated heterocycles. The lowest BCUT2D eigenvalue weighted by Gasteiger charge is -2.17. The van der Waals surface area contributed by atoms with Crippen LogP contribution in [0, 0.1) is 5.82 Å². The van der Waals surface area contributed by atoms with Crippen molar-refractivity contribution in [2.75, 3.05) is 16.8 Å². The van der Waals surface area contributed by atoms with Crippen molar-refractivity contribution in [2.45, 2.75) is 25.8 Å². The van der Waals surface area contributed by atoms with E-state index in [-0.39, 0.29) is 17.1 Å². The van der Waals surface area contributed by atoms with Crippen LogP contribution in [0.3, 0.4) is 0 Å². The van der Waals surface area contributed by atoms with Crippen LogP contribution in [0.25, 0.3) is 0 Å². The molecule has 0 bridgehead atoms. The third kappa shape index (κ3) is 6.02. The molecule has 0 unspecified atom stereocenters. The van der Waals surface area contributed by atoms with E-state index in [1.165, 1.54) is 6.07 Å². The molecule has 0 radical (unpaired) electrons. The summed E-state index contributed by atoms with van der Waals surface area (Å²) in [4.78, 5) is 11.6. The molecule has 1 aromatic rings. The second-order valence-electron chi connectivity index (χ2n) is 4.82. The first-order chi connectivity index (χ1) is 8.38. The Labute approximate surface area is 111 Å². The minimum atomic E-state index is -0.415. The highest BCUT2D eigenvalue weighted by atomic mass is 32.2. The van der Waals surface area contributed by atoms with E-state index in [0.29, 0.717) is 12.2 Å². The summed E-state index contributed by atoms with van der Waals surface area (Å²) in [5.41, 5.74) is 5.82. The van der Waals surface area contributed by atoms with Crippen molar-refractivity contribution in [3.63, 3.8) is 0 Å². The average molecular weight is 270 g/mol. The topological polar surface area (TPSA) is 55.1 Å². The number of thioether (sulfide) groups is 1. The van der Waals surface area contributed by atoms with Gasteiger partial charge in [-0.3, -0.25) is 4.79 Å². The highest BCUT2D eigenvalue weighted by molar-refractivity contribution is 7.99. The molecule has 0 aliphatic carbocycles. The van der Waals surface area contributed by atoms with Crippen LogP contribution in [0.15, 0.2) is 24.3 Å². The standard InChI is InChI=1S/C13H19FN2OS/c1-13(2,15)9-18-8-7-12(17)16-11-6-4-3-5-10(11)14/h3-6H,7-9,15H2,1-2H3,(H,16,17). The van der Waals surface area contributed by atoms with Gasteiger partial charge >= 0.3 is 0 Å². The summed E-state index contributed by atoms with van der Waals surface area (Å²) >= 11 is 1.62. The van der Waals surface area contributed by atoms with Gasteiger partial charge in [-0.2, -0.15) is 11.8 Å². The largest absolute Gasteiger partial charge is 0.325 e. The molecular formula is C13H19FN2OS. The van der Waals surface area contributed by atoms with Gasteiger partial charge in [-0.25, -0.2) is 4.39 Å². The molecule has 1 aromatic carbocycles. The van der Waals surface area contributed by atoms with E-state index < -0.39 is 5.82 Å². The number of hydrogen-bond acceptors (Lipinski definition) is 3. The van der Waals surface area contributed by atoms with E-state index in [9.17, 15) is 9.18 Å². The maximum atomic E-state index is 13.3. The minimum Gasteiger partial charge on any atom is -0.325 e. The summed E-state index contributed by atoms with van der Waals surface area (Å²) in [5.74, 6) is 0.880. The predicted octanol–water partition coefficient (Wildman–Crippen LogP) is 2.62. The summed E-state index contributed by atoms with van der Waals surface area (Å²) in [6.45, 7) is 3.89. The number of halogens is 1. The summed E-state index contributed by atoms with van der Waals surface area (Å²) in [5, 5.41) is 2.55. The molecule has 18 heavy (non-hydrogen) atoms. The van der Waals surface area contributed by atoms with Gasteiger partial charge in [0.15, 0.2) is 0 Å². The number of para-hydroxylation sites is 1. The molecule has 0 saturated carbocycles. The van der Waals surface area contributed by atoms with E-state index in [0.717, 1.165) is 5.75 Å². The van der Waals surface area contributed by atoms with E-state index >= 15 is 0 Å². The SMILES string of the molecule is CC(C)(N)CSCCC(=O)Nc1ccccc1F. The predicted molar refractivity (Wildman–Crippen MR) is 75.2 cm³/mol. The lowest BCUT2D eigenvalue weighted by molar-refractivity contribution is -0.115. The van der Waals surface area contributed by atoms with Gasteiger partial charge in [0.05, 0.1) is 5.69 Å². The van der Waals surface area contributed by atoms with Crippen LogP contribution >= 0.6 is 11.8 Å². The van der Waals surface area contributed by atoms with Crippen molar-refractivity contribution in [1.82, 2.24) is 0 Å². The molecule has 0 fully saturated rings. The number of carbonyl (C=O) groups excluding carboxylic acids is 1. The number of nitrogens with one attached hydrogen (secondary N) is 1. The molecule has 1 rings (SSSR count). The fourth-order valence-corrected chi connectivity index (χ4v) is 2.28. The lowest BCUT2D eigenvalue weighted by atomic mass is 10.1. The third-order valence-corrected chi connectivity index (χ3v) is 3.54. The van der Waals surface area contributed by atoms with Crippen molar-refractivity contribution >= 4 is 23.4 Å². The summed E-state index contributed by atoms with van der Waals surface area (Å²) in [6.07, 6.45) is 0.356. The van der Waals surface area contributed by atoms with E-state index in [2.05, 4.69) is 5.32 Å². The molecule has 0 aliphatic heterocycles. The van der Waals surface area contributed by atoms with E-state index in [4.69, 9.17) is 5.73 Å². The Bertz CT molecular complexity index is 404. The first-order valence-electron chi connectivity index (χ1n) is 5.79. The van der Waals surface area contributed by atoms with Gasteiger partial charge < -0.3 is 11.1 Å². The zero-order valence-electron chi connectivity index (χ0n) is 10.7. The van der Waals surface area contributed by atoms with E-state index in [1.54, 1.807) is 30.0 Å². The monoisotopic (exact) mass is 270 g/mol.